The Morgan fingerprint density at radius 3 is 1.67 bits per heavy atom. The van der Waals surface area contributed by atoms with Gasteiger partial charge in [-0.1, -0.05) is 12.2 Å². The van der Waals surface area contributed by atoms with Crippen molar-refractivity contribution in [2.24, 2.45) is 11.5 Å². The second-order valence-electron chi connectivity index (χ2n) is 4.12. The molecular formula is C12H20N4O2. The topological polar surface area (TPSA) is 92.7 Å². The maximum atomic E-state index is 11.9. The van der Waals surface area contributed by atoms with Gasteiger partial charge in [0.1, 0.15) is 0 Å². The molecule has 0 aromatic rings. The van der Waals surface area contributed by atoms with Crippen LogP contribution in [-0.4, -0.2) is 41.4 Å². The van der Waals surface area contributed by atoms with Crippen LogP contribution < -0.4 is 11.5 Å². The lowest BCUT2D eigenvalue weighted by Gasteiger charge is -2.35. The van der Waals surface area contributed by atoms with Gasteiger partial charge in [0, 0.05) is 13.1 Å². The fourth-order valence-electron chi connectivity index (χ4n) is 1.74. The fourth-order valence-corrected chi connectivity index (χ4v) is 1.74. The van der Waals surface area contributed by atoms with Crippen LogP contribution in [0, 0.1) is 0 Å². The highest BCUT2D eigenvalue weighted by atomic mass is 16.2. The minimum atomic E-state index is -0.242. The third-order valence-electron chi connectivity index (χ3n) is 2.89. The minimum Gasteiger partial charge on any atom is -0.395 e. The van der Waals surface area contributed by atoms with Crippen LogP contribution in [0.25, 0.3) is 0 Å². The van der Waals surface area contributed by atoms with Crippen LogP contribution >= 0.6 is 0 Å². The smallest absolute Gasteiger partial charge is 0.270 e. The van der Waals surface area contributed by atoms with Gasteiger partial charge in [0.05, 0.1) is 18.1 Å². The third-order valence-corrected chi connectivity index (χ3v) is 2.89. The van der Waals surface area contributed by atoms with Crippen LogP contribution in [0.5, 0.6) is 0 Å². The van der Waals surface area contributed by atoms with Gasteiger partial charge in [0.15, 0.2) is 0 Å². The molecular weight excluding hydrogens is 232 g/mol. The molecule has 6 nitrogen and oxygen atoms in total. The lowest BCUT2D eigenvalue weighted by Crippen LogP contribution is -2.51. The first kappa shape index (κ1) is 14.1. The molecule has 100 valence electrons. The first-order valence-corrected chi connectivity index (χ1v) is 5.93. The van der Waals surface area contributed by atoms with E-state index in [1.165, 1.54) is 0 Å². The second kappa shape index (κ2) is 6.09. The molecule has 0 aromatic heterocycles. The molecule has 0 spiro atoms. The van der Waals surface area contributed by atoms with Gasteiger partial charge in [-0.15, -0.1) is 0 Å². The maximum Gasteiger partial charge on any atom is 0.270 e. The van der Waals surface area contributed by atoms with Gasteiger partial charge >= 0.3 is 0 Å². The van der Waals surface area contributed by atoms with E-state index in [9.17, 15) is 9.59 Å². The SMILES string of the molecule is CC=C(N)C(=O)N1CCCN(C(=O)C(N)=CC)C1. The van der Waals surface area contributed by atoms with Crippen molar-refractivity contribution >= 4 is 11.8 Å². The summed E-state index contributed by atoms with van der Waals surface area (Å²) in [6.45, 7) is 4.86. The van der Waals surface area contributed by atoms with Crippen LogP contribution in [0.3, 0.4) is 0 Å². The van der Waals surface area contributed by atoms with Gasteiger partial charge in [0.25, 0.3) is 11.8 Å². The molecule has 0 atom stereocenters. The number of amides is 2. The minimum absolute atomic E-state index is 0.198. The van der Waals surface area contributed by atoms with Crippen molar-refractivity contribution in [1.29, 1.82) is 0 Å². The number of hydrogen-bond donors (Lipinski definition) is 2. The molecule has 6 heteroatoms. The van der Waals surface area contributed by atoms with Crippen molar-refractivity contribution in [2.75, 3.05) is 19.8 Å². The molecule has 0 radical (unpaired) electrons. The van der Waals surface area contributed by atoms with E-state index in [0.29, 0.717) is 13.1 Å². The van der Waals surface area contributed by atoms with Crippen LogP contribution in [-0.2, 0) is 9.59 Å². The highest BCUT2D eigenvalue weighted by Crippen LogP contribution is 2.10. The van der Waals surface area contributed by atoms with Gasteiger partial charge in [-0.2, -0.15) is 0 Å². The number of carbonyl (C=O) groups excluding carboxylic acids is 2. The predicted octanol–water partition coefficient (Wildman–Crippen LogP) is -0.270. The van der Waals surface area contributed by atoms with Gasteiger partial charge in [-0.05, 0) is 20.3 Å². The summed E-state index contributed by atoms with van der Waals surface area (Å²) in [4.78, 5) is 26.9. The van der Waals surface area contributed by atoms with E-state index in [4.69, 9.17) is 11.5 Å². The molecule has 0 saturated carbocycles. The summed E-state index contributed by atoms with van der Waals surface area (Å²) in [6.07, 6.45) is 3.85. The third kappa shape index (κ3) is 3.03. The molecule has 1 fully saturated rings. The number of nitrogens with zero attached hydrogens (tertiary/aromatic N) is 2. The molecule has 0 bridgehead atoms. The largest absolute Gasteiger partial charge is 0.395 e. The molecule has 0 aliphatic carbocycles. The Balaban J connectivity index is 2.73. The summed E-state index contributed by atoms with van der Waals surface area (Å²) < 4.78 is 0. The van der Waals surface area contributed by atoms with Gasteiger partial charge in [0.2, 0.25) is 0 Å². The first-order valence-electron chi connectivity index (χ1n) is 5.93. The van der Waals surface area contributed by atoms with E-state index in [1.807, 2.05) is 0 Å². The average molecular weight is 252 g/mol. The van der Waals surface area contributed by atoms with Gasteiger partial charge in [-0.3, -0.25) is 9.59 Å². The number of carbonyl (C=O) groups is 2. The van der Waals surface area contributed by atoms with Crippen LogP contribution in [0.15, 0.2) is 23.5 Å². The van der Waals surface area contributed by atoms with Crippen molar-refractivity contribution in [3.05, 3.63) is 23.5 Å². The quantitative estimate of drug-likeness (QED) is 0.662. The Hall–Kier alpha value is -1.98. The lowest BCUT2D eigenvalue weighted by atomic mass is 10.2. The Kier molecular flexibility index (Phi) is 4.76. The summed E-state index contributed by atoms with van der Waals surface area (Å²) in [6, 6.07) is 0. The number of allylic oxidation sites excluding steroid dienone is 2. The van der Waals surface area contributed by atoms with Crippen LogP contribution in [0.1, 0.15) is 20.3 Å². The van der Waals surface area contributed by atoms with E-state index in [-0.39, 0.29) is 29.9 Å². The number of nitrogens with two attached hydrogens (primary N) is 2. The monoisotopic (exact) mass is 252 g/mol. The highest BCUT2D eigenvalue weighted by molar-refractivity contribution is 5.94. The Labute approximate surface area is 107 Å². The van der Waals surface area contributed by atoms with Crippen LogP contribution in [0.2, 0.25) is 0 Å². The second-order valence-corrected chi connectivity index (χ2v) is 4.12. The normalized spacial score (nSPS) is 17.9. The lowest BCUT2D eigenvalue weighted by molar-refractivity contribution is -0.138. The molecule has 1 saturated heterocycles. The molecule has 1 heterocycles. The van der Waals surface area contributed by atoms with E-state index in [2.05, 4.69) is 0 Å². The van der Waals surface area contributed by atoms with Crippen molar-refractivity contribution < 1.29 is 9.59 Å². The molecule has 4 N–H and O–H groups in total. The van der Waals surface area contributed by atoms with Crippen molar-refractivity contribution in [3.63, 3.8) is 0 Å². The summed E-state index contributed by atoms with van der Waals surface area (Å²) in [5, 5.41) is 0. The zero-order valence-electron chi connectivity index (χ0n) is 10.8. The molecule has 0 aromatic carbocycles. The average Bonchev–Trinajstić information content (AvgIpc) is 2.43. The summed E-state index contributed by atoms with van der Waals surface area (Å²) in [7, 11) is 0. The molecule has 1 aliphatic rings. The zero-order valence-corrected chi connectivity index (χ0v) is 10.8. The van der Waals surface area contributed by atoms with Gasteiger partial charge < -0.3 is 21.3 Å². The zero-order chi connectivity index (χ0) is 13.7. The van der Waals surface area contributed by atoms with Crippen molar-refractivity contribution in [1.82, 2.24) is 9.80 Å². The van der Waals surface area contributed by atoms with Crippen molar-refractivity contribution in [3.8, 4) is 0 Å². The summed E-state index contributed by atoms with van der Waals surface area (Å²) >= 11 is 0. The van der Waals surface area contributed by atoms with E-state index < -0.39 is 0 Å². The molecule has 1 aliphatic heterocycles. The van der Waals surface area contributed by atoms with Gasteiger partial charge in [-0.25, -0.2) is 0 Å². The van der Waals surface area contributed by atoms with E-state index >= 15 is 0 Å². The fraction of sp³-hybridized carbons (Fsp3) is 0.500. The number of rotatable bonds is 2. The molecule has 0 unspecified atom stereocenters. The Bertz CT molecular complexity index is 365. The molecule has 18 heavy (non-hydrogen) atoms. The Morgan fingerprint density at radius 2 is 1.33 bits per heavy atom. The number of hydrogen-bond acceptors (Lipinski definition) is 4. The standard InChI is InChI=1S/C12H20N4O2/c1-3-9(13)11(17)15-6-5-7-16(8-15)12(18)10(14)4-2/h3-4H,5-8,13-14H2,1-2H3. The molecule has 1 rings (SSSR count). The van der Waals surface area contributed by atoms with Crippen molar-refractivity contribution in [2.45, 2.75) is 20.3 Å². The summed E-state index contributed by atoms with van der Waals surface area (Å²) in [5.41, 5.74) is 11.6. The predicted molar refractivity (Wildman–Crippen MR) is 68.8 cm³/mol. The summed E-state index contributed by atoms with van der Waals surface area (Å²) in [5.74, 6) is -0.483. The van der Waals surface area contributed by atoms with Crippen LogP contribution in [0.4, 0.5) is 0 Å². The Morgan fingerprint density at radius 1 is 0.944 bits per heavy atom. The first-order chi connectivity index (χ1) is 8.51. The maximum absolute atomic E-state index is 11.9. The van der Waals surface area contributed by atoms with E-state index in [1.54, 1.807) is 35.8 Å². The van der Waals surface area contributed by atoms with E-state index in [0.717, 1.165) is 6.42 Å². The highest BCUT2D eigenvalue weighted by Gasteiger charge is 2.26. The molecule has 2 amide bonds.